The Morgan fingerprint density at radius 1 is 0.953 bits per heavy atom. The Morgan fingerprint density at radius 2 is 1.63 bits per heavy atom. The van der Waals surface area contributed by atoms with Crippen molar-refractivity contribution < 1.29 is 33.0 Å². The van der Waals surface area contributed by atoms with Crippen molar-refractivity contribution in [1.29, 1.82) is 0 Å². The molecule has 1 amide bonds. The third kappa shape index (κ3) is 5.90. The molecule has 228 valence electrons. The molecule has 0 fully saturated rings. The Balaban J connectivity index is 1.70. The second-order valence-corrected chi connectivity index (χ2v) is 12.5. The average molecular weight is 592 g/mol. The summed E-state index contributed by atoms with van der Waals surface area (Å²) in [4.78, 5) is 27.9. The van der Waals surface area contributed by atoms with Gasteiger partial charge in [0.15, 0.2) is 17.7 Å². The maximum absolute atomic E-state index is 15.6. The molecule has 0 saturated heterocycles. The first-order valence-electron chi connectivity index (χ1n) is 14.8. The number of carbonyl (C=O) groups is 2. The monoisotopic (exact) mass is 591 g/mol. The topological polar surface area (TPSA) is 76.1 Å². The summed E-state index contributed by atoms with van der Waals surface area (Å²) in [6, 6.07) is 7.14. The molecule has 0 aliphatic carbocycles. The first-order valence-corrected chi connectivity index (χ1v) is 14.8. The van der Waals surface area contributed by atoms with Crippen molar-refractivity contribution in [2.24, 2.45) is 0 Å². The van der Waals surface area contributed by atoms with Gasteiger partial charge in [0.1, 0.15) is 5.82 Å². The molecule has 6 nitrogen and oxygen atoms in total. The molecule has 0 bridgehead atoms. The van der Waals surface area contributed by atoms with Gasteiger partial charge in [0.25, 0.3) is 5.91 Å². The Morgan fingerprint density at radius 3 is 2.26 bits per heavy atom. The average Bonchev–Trinajstić information content (AvgIpc) is 3.19. The lowest BCUT2D eigenvalue weighted by Gasteiger charge is -2.31. The normalized spacial score (nSPS) is 15.7. The highest BCUT2D eigenvalue weighted by Gasteiger charge is 2.35. The van der Waals surface area contributed by atoms with E-state index in [0.29, 0.717) is 55.6 Å². The molecule has 1 atom stereocenters. The van der Waals surface area contributed by atoms with Crippen LogP contribution in [0.3, 0.4) is 0 Å². The molecule has 3 aromatic carbocycles. The van der Waals surface area contributed by atoms with E-state index in [-0.39, 0.29) is 17.2 Å². The van der Waals surface area contributed by atoms with Gasteiger partial charge >= 0.3 is 5.97 Å². The predicted molar refractivity (Wildman–Crippen MR) is 161 cm³/mol. The molecule has 3 aromatic rings. The zero-order valence-corrected chi connectivity index (χ0v) is 25.7. The summed E-state index contributed by atoms with van der Waals surface area (Å²) in [6.07, 6.45) is 1.14. The molecular formula is C35H39F2NO5. The Kier molecular flexibility index (Phi) is 8.36. The molecule has 2 heterocycles. The molecule has 0 radical (unpaired) electrons. The van der Waals surface area contributed by atoms with Crippen LogP contribution in [0.15, 0.2) is 30.3 Å². The van der Waals surface area contributed by atoms with Crippen LogP contribution < -0.4 is 4.74 Å². The van der Waals surface area contributed by atoms with Gasteiger partial charge in [-0.1, -0.05) is 6.07 Å². The number of rotatable bonds is 5. The zero-order chi connectivity index (χ0) is 31.2. The second-order valence-electron chi connectivity index (χ2n) is 12.5. The Labute approximate surface area is 251 Å². The predicted octanol–water partition coefficient (Wildman–Crippen LogP) is 7.06. The van der Waals surface area contributed by atoms with Gasteiger partial charge in [0.2, 0.25) is 0 Å². The zero-order valence-electron chi connectivity index (χ0n) is 25.7. The number of amides is 1. The fourth-order valence-electron chi connectivity index (χ4n) is 6.62. The van der Waals surface area contributed by atoms with Gasteiger partial charge < -0.3 is 19.5 Å². The third-order valence-electron chi connectivity index (χ3n) is 8.60. The van der Waals surface area contributed by atoms with Crippen molar-refractivity contribution in [2.45, 2.75) is 78.9 Å². The first kappa shape index (κ1) is 30.7. The molecule has 1 N–H and O–H groups in total. The van der Waals surface area contributed by atoms with Crippen LogP contribution in [-0.2, 0) is 28.8 Å². The lowest BCUT2D eigenvalue weighted by atomic mass is 9.79. The van der Waals surface area contributed by atoms with Gasteiger partial charge in [-0.05, 0) is 130 Å². The summed E-state index contributed by atoms with van der Waals surface area (Å²) in [5.74, 6) is -2.06. The van der Waals surface area contributed by atoms with E-state index in [0.717, 1.165) is 39.8 Å². The van der Waals surface area contributed by atoms with Crippen LogP contribution in [0.2, 0.25) is 0 Å². The lowest BCUT2D eigenvalue weighted by Crippen LogP contribution is -2.33. The number of hydrogen-bond acceptors (Lipinski definition) is 4. The highest BCUT2D eigenvalue weighted by atomic mass is 19.1. The number of fused-ring (bicyclic) bond motifs is 2. The van der Waals surface area contributed by atoms with E-state index in [4.69, 9.17) is 9.47 Å². The minimum absolute atomic E-state index is 0.254. The Hall–Kier alpha value is -3.78. The highest BCUT2D eigenvalue weighted by Crippen LogP contribution is 2.45. The number of carbonyl (C=O) groups excluding carboxylic acids is 1. The lowest BCUT2D eigenvalue weighted by molar-refractivity contribution is -0.160. The van der Waals surface area contributed by atoms with E-state index in [1.165, 1.54) is 24.3 Å². The minimum Gasteiger partial charge on any atom is -0.490 e. The summed E-state index contributed by atoms with van der Waals surface area (Å²) in [5, 5.41) is 10.5. The third-order valence-corrected chi connectivity index (χ3v) is 8.60. The summed E-state index contributed by atoms with van der Waals surface area (Å²) < 4.78 is 41.4. The largest absolute Gasteiger partial charge is 0.490 e. The Bertz CT molecular complexity index is 1610. The van der Waals surface area contributed by atoms with Crippen molar-refractivity contribution in [2.75, 3.05) is 19.7 Å². The molecule has 5 rings (SSSR count). The summed E-state index contributed by atoms with van der Waals surface area (Å²) in [7, 11) is 0. The number of carboxylic acids is 1. The summed E-state index contributed by atoms with van der Waals surface area (Å²) >= 11 is 0. The molecule has 2 aliphatic rings. The van der Waals surface area contributed by atoms with Crippen molar-refractivity contribution in [3.8, 4) is 16.9 Å². The minimum atomic E-state index is -1.30. The maximum atomic E-state index is 15.6. The van der Waals surface area contributed by atoms with Crippen LogP contribution in [-0.4, -0.2) is 47.2 Å². The van der Waals surface area contributed by atoms with E-state index in [9.17, 15) is 19.1 Å². The van der Waals surface area contributed by atoms with E-state index in [1.54, 1.807) is 11.0 Å². The van der Waals surface area contributed by atoms with Gasteiger partial charge in [-0.3, -0.25) is 4.79 Å². The van der Waals surface area contributed by atoms with Gasteiger partial charge in [0.05, 0.1) is 12.2 Å². The first-order chi connectivity index (χ1) is 20.3. The van der Waals surface area contributed by atoms with Crippen LogP contribution >= 0.6 is 0 Å². The quantitative estimate of drug-likeness (QED) is 0.344. The summed E-state index contributed by atoms with van der Waals surface area (Å²) in [5.41, 5.74) is 6.55. The highest BCUT2D eigenvalue weighted by molar-refractivity contribution is 5.94. The number of benzene rings is 3. The smallest absolute Gasteiger partial charge is 0.337 e. The van der Waals surface area contributed by atoms with E-state index in [2.05, 4.69) is 0 Å². The van der Waals surface area contributed by atoms with Gasteiger partial charge in [-0.25, -0.2) is 13.6 Å². The fraction of sp³-hybridized carbons (Fsp3) is 0.429. The van der Waals surface area contributed by atoms with Gasteiger partial charge in [-0.15, -0.1) is 0 Å². The van der Waals surface area contributed by atoms with Gasteiger partial charge in [-0.2, -0.15) is 0 Å². The number of nitrogens with zero attached hydrogens (tertiary/aromatic N) is 1. The fourth-order valence-corrected chi connectivity index (χ4v) is 6.62. The standard InChI is InChI=1S/C35H39F2NO5/c1-19-26-11-8-16-42-31(26)28(37)18-27(19)29-20(2)24-12-14-38(33(39)22-9-7-10-23(36)17-22)15-13-25(24)21(3)30(29)32(34(40)41)43-35(4,5)6/h7,9-10,17-18,32H,8,11-16H2,1-6H3,(H,40,41)/t32-/m0/s1. The molecule has 2 aliphatic heterocycles. The van der Waals surface area contributed by atoms with Crippen molar-refractivity contribution in [3.63, 3.8) is 0 Å². The van der Waals surface area contributed by atoms with Crippen LogP contribution in [0.4, 0.5) is 8.78 Å². The van der Waals surface area contributed by atoms with Crippen LogP contribution in [0, 0.1) is 32.4 Å². The van der Waals surface area contributed by atoms with Crippen LogP contribution in [0.25, 0.3) is 11.1 Å². The SMILES string of the molecule is Cc1c(-c2c(C)c3c(c(C)c2[C@H](OC(C)(C)C)C(=O)O)CCN(C(=O)c2cccc(F)c2)CC3)cc(F)c2c1CCCO2. The number of ether oxygens (including phenoxy) is 2. The van der Waals surface area contributed by atoms with Crippen LogP contribution in [0.1, 0.15) is 82.6 Å². The van der Waals surface area contributed by atoms with E-state index in [1.807, 2.05) is 41.5 Å². The van der Waals surface area contributed by atoms with Crippen LogP contribution in [0.5, 0.6) is 5.75 Å². The molecule has 0 saturated carbocycles. The summed E-state index contributed by atoms with van der Waals surface area (Å²) in [6.45, 7) is 12.5. The number of halogens is 2. The number of carboxylic acid groups (broad SMARTS) is 1. The van der Waals surface area contributed by atoms with E-state index < -0.39 is 29.3 Å². The van der Waals surface area contributed by atoms with Gasteiger partial charge in [0, 0.05) is 29.8 Å². The molecule has 0 spiro atoms. The molecule has 0 aromatic heterocycles. The number of hydrogen-bond donors (Lipinski definition) is 1. The number of aliphatic carboxylic acids is 1. The second kappa shape index (κ2) is 11.7. The molecule has 43 heavy (non-hydrogen) atoms. The maximum Gasteiger partial charge on any atom is 0.337 e. The van der Waals surface area contributed by atoms with E-state index >= 15 is 4.39 Å². The van der Waals surface area contributed by atoms with Crippen molar-refractivity contribution in [1.82, 2.24) is 4.90 Å². The van der Waals surface area contributed by atoms with Crippen molar-refractivity contribution >= 4 is 11.9 Å². The molecule has 8 heteroatoms. The van der Waals surface area contributed by atoms with Crippen molar-refractivity contribution in [3.05, 3.63) is 86.5 Å². The molecule has 0 unspecified atom stereocenters. The molecular weight excluding hydrogens is 552 g/mol.